The van der Waals surface area contributed by atoms with Crippen LogP contribution in [0.5, 0.6) is 11.5 Å². The Kier molecular flexibility index (Phi) is 5.49. The molecule has 25 heavy (non-hydrogen) atoms. The van der Waals surface area contributed by atoms with E-state index in [1.54, 1.807) is 19.4 Å². The number of hydrogen-bond donors (Lipinski definition) is 1. The van der Waals surface area contributed by atoms with Crippen molar-refractivity contribution in [1.29, 1.82) is 0 Å². The van der Waals surface area contributed by atoms with Crippen LogP contribution in [0.15, 0.2) is 65.3 Å². The van der Waals surface area contributed by atoms with E-state index in [-0.39, 0.29) is 13.2 Å². The van der Waals surface area contributed by atoms with Crippen molar-refractivity contribution >= 4 is 6.08 Å². The van der Waals surface area contributed by atoms with Crippen molar-refractivity contribution < 1.29 is 19.0 Å². The zero-order chi connectivity index (χ0) is 17.5. The number of aliphatic hydroxyl groups excluding tert-OH is 1. The first-order chi connectivity index (χ1) is 12.3. The summed E-state index contributed by atoms with van der Waals surface area (Å²) in [5.74, 6) is 1.80. The lowest BCUT2D eigenvalue weighted by atomic mass is 10.2. The molecule has 0 saturated carbocycles. The van der Waals surface area contributed by atoms with Crippen LogP contribution in [-0.4, -0.2) is 23.8 Å². The third-order valence-electron chi connectivity index (χ3n) is 3.55. The summed E-state index contributed by atoms with van der Waals surface area (Å²) >= 11 is 0. The van der Waals surface area contributed by atoms with Crippen LogP contribution in [0.1, 0.15) is 11.3 Å². The number of methoxy groups -OCH3 is 1. The predicted molar refractivity (Wildman–Crippen MR) is 95.4 cm³/mol. The second kappa shape index (κ2) is 8.17. The van der Waals surface area contributed by atoms with E-state index >= 15 is 0 Å². The van der Waals surface area contributed by atoms with Gasteiger partial charge in [0, 0.05) is 5.56 Å². The van der Waals surface area contributed by atoms with Gasteiger partial charge in [-0.1, -0.05) is 36.4 Å². The van der Waals surface area contributed by atoms with Gasteiger partial charge in [0.1, 0.15) is 18.6 Å². The Morgan fingerprint density at radius 2 is 1.96 bits per heavy atom. The second-order valence-corrected chi connectivity index (χ2v) is 5.29. The molecule has 0 aliphatic rings. The molecule has 1 aromatic heterocycles. The van der Waals surface area contributed by atoms with Crippen LogP contribution in [0.25, 0.3) is 17.5 Å². The van der Waals surface area contributed by atoms with Crippen LogP contribution in [0.3, 0.4) is 0 Å². The zero-order valence-electron chi connectivity index (χ0n) is 13.9. The van der Waals surface area contributed by atoms with E-state index in [4.69, 9.17) is 19.0 Å². The minimum absolute atomic E-state index is 0.00350. The van der Waals surface area contributed by atoms with E-state index in [0.29, 0.717) is 23.1 Å². The molecule has 1 N–H and O–H groups in total. The van der Waals surface area contributed by atoms with Gasteiger partial charge >= 0.3 is 0 Å². The molecule has 0 unspecified atom stereocenters. The monoisotopic (exact) mass is 337 g/mol. The number of ether oxygens (including phenoxy) is 2. The summed E-state index contributed by atoms with van der Waals surface area (Å²) in [5, 5.41) is 8.84. The zero-order valence-corrected chi connectivity index (χ0v) is 13.9. The molecule has 0 fully saturated rings. The smallest absolute Gasteiger partial charge is 0.226 e. The molecule has 0 aliphatic heterocycles. The van der Waals surface area contributed by atoms with E-state index < -0.39 is 0 Å². The number of aromatic nitrogens is 1. The summed E-state index contributed by atoms with van der Waals surface area (Å²) in [6, 6.07) is 15.3. The SMILES string of the molecule is COc1cc(/C=C/CO)ccc1OCc1coc(-c2ccccc2)n1. The molecule has 5 nitrogen and oxygen atoms in total. The van der Waals surface area contributed by atoms with Gasteiger partial charge in [-0.15, -0.1) is 0 Å². The lowest BCUT2D eigenvalue weighted by molar-refractivity contribution is 0.280. The molecule has 5 heteroatoms. The van der Waals surface area contributed by atoms with Crippen LogP contribution in [-0.2, 0) is 6.61 Å². The summed E-state index contributed by atoms with van der Waals surface area (Å²) in [5.41, 5.74) is 2.54. The summed E-state index contributed by atoms with van der Waals surface area (Å²) in [6.07, 6.45) is 5.07. The molecule has 0 radical (unpaired) electrons. The first-order valence-electron chi connectivity index (χ1n) is 7.88. The first kappa shape index (κ1) is 16.8. The average Bonchev–Trinajstić information content (AvgIpc) is 3.14. The molecule has 0 bridgehead atoms. The molecule has 0 atom stereocenters. The Bertz CT molecular complexity index is 840. The fourth-order valence-corrected chi connectivity index (χ4v) is 2.33. The van der Waals surface area contributed by atoms with Crippen LogP contribution in [0.4, 0.5) is 0 Å². The molecular formula is C20H19NO4. The largest absolute Gasteiger partial charge is 0.493 e. The second-order valence-electron chi connectivity index (χ2n) is 5.29. The Morgan fingerprint density at radius 1 is 1.12 bits per heavy atom. The molecular weight excluding hydrogens is 318 g/mol. The Hall–Kier alpha value is -3.05. The lowest BCUT2D eigenvalue weighted by Crippen LogP contribution is -1.98. The van der Waals surface area contributed by atoms with Gasteiger partial charge in [0.2, 0.25) is 5.89 Å². The highest BCUT2D eigenvalue weighted by Crippen LogP contribution is 2.29. The topological polar surface area (TPSA) is 64.7 Å². The van der Waals surface area contributed by atoms with Crippen LogP contribution >= 0.6 is 0 Å². The van der Waals surface area contributed by atoms with Crippen molar-refractivity contribution in [3.63, 3.8) is 0 Å². The summed E-state index contributed by atoms with van der Waals surface area (Å²) in [7, 11) is 1.59. The third-order valence-corrected chi connectivity index (χ3v) is 3.55. The van der Waals surface area contributed by atoms with Gasteiger partial charge in [-0.2, -0.15) is 0 Å². The molecule has 1 heterocycles. The highest BCUT2D eigenvalue weighted by Gasteiger charge is 2.09. The van der Waals surface area contributed by atoms with Gasteiger partial charge in [-0.05, 0) is 29.8 Å². The van der Waals surface area contributed by atoms with E-state index in [1.807, 2.05) is 54.6 Å². The van der Waals surface area contributed by atoms with Crippen molar-refractivity contribution in [3.05, 3.63) is 72.1 Å². The maximum absolute atomic E-state index is 8.84. The average molecular weight is 337 g/mol. The van der Waals surface area contributed by atoms with Gasteiger partial charge in [-0.3, -0.25) is 0 Å². The van der Waals surface area contributed by atoms with Crippen molar-refractivity contribution in [2.24, 2.45) is 0 Å². The predicted octanol–water partition coefficient (Wildman–Crippen LogP) is 3.93. The Morgan fingerprint density at radius 3 is 2.72 bits per heavy atom. The fourth-order valence-electron chi connectivity index (χ4n) is 2.33. The minimum Gasteiger partial charge on any atom is -0.493 e. The Balaban J connectivity index is 1.69. The molecule has 0 aliphatic carbocycles. The molecule has 0 spiro atoms. The van der Waals surface area contributed by atoms with Gasteiger partial charge in [0.05, 0.1) is 13.7 Å². The maximum atomic E-state index is 8.84. The van der Waals surface area contributed by atoms with Crippen molar-refractivity contribution in [1.82, 2.24) is 4.98 Å². The van der Waals surface area contributed by atoms with Gasteiger partial charge < -0.3 is 19.0 Å². The van der Waals surface area contributed by atoms with Crippen molar-refractivity contribution in [3.8, 4) is 23.0 Å². The van der Waals surface area contributed by atoms with Gasteiger partial charge in [0.15, 0.2) is 11.5 Å². The molecule has 128 valence electrons. The number of aliphatic hydroxyl groups is 1. The normalized spacial score (nSPS) is 11.0. The van der Waals surface area contributed by atoms with E-state index in [2.05, 4.69) is 4.98 Å². The first-order valence-corrected chi connectivity index (χ1v) is 7.88. The third kappa shape index (κ3) is 4.28. The van der Waals surface area contributed by atoms with E-state index in [0.717, 1.165) is 11.1 Å². The molecule has 0 saturated heterocycles. The quantitative estimate of drug-likeness (QED) is 0.707. The van der Waals surface area contributed by atoms with Gasteiger partial charge in [0.25, 0.3) is 0 Å². The molecule has 2 aromatic carbocycles. The fraction of sp³-hybridized carbons (Fsp3) is 0.150. The number of hydrogen-bond acceptors (Lipinski definition) is 5. The summed E-state index contributed by atoms with van der Waals surface area (Å²) in [4.78, 5) is 4.44. The van der Waals surface area contributed by atoms with E-state index in [1.165, 1.54) is 0 Å². The van der Waals surface area contributed by atoms with Crippen molar-refractivity contribution in [2.75, 3.05) is 13.7 Å². The van der Waals surface area contributed by atoms with Gasteiger partial charge in [-0.25, -0.2) is 4.98 Å². The highest BCUT2D eigenvalue weighted by atomic mass is 16.5. The Labute approximate surface area is 146 Å². The van der Waals surface area contributed by atoms with Crippen LogP contribution < -0.4 is 9.47 Å². The number of benzene rings is 2. The number of oxazole rings is 1. The van der Waals surface area contributed by atoms with Crippen LogP contribution in [0.2, 0.25) is 0 Å². The standard InChI is InChI=1S/C20H19NO4/c1-23-19-12-15(6-5-11-22)9-10-18(19)24-13-17-14-25-20(21-17)16-7-3-2-4-8-16/h2-10,12,14,22H,11,13H2,1H3/b6-5+. The van der Waals surface area contributed by atoms with Crippen LogP contribution in [0, 0.1) is 0 Å². The van der Waals surface area contributed by atoms with Crippen molar-refractivity contribution in [2.45, 2.75) is 6.61 Å². The molecule has 0 amide bonds. The molecule has 3 rings (SSSR count). The highest BCUT2D eigenvalue weighted by molar-refractivity contribution is 5.56. The number of rotatable bonds is 7. The summed E-state index contributed by atoms with van der Waals surface area (Å²) in [6.45, 7) is 0.273. The number of nitrogens with zero attached hydrogens (tertiary/aromatic N) is 1. The lowest BCUT2D eigenvalue weighted by Gasteiger charge is -2.10. The van der Waals surface area contributed by atoms with E-state index in [9.17, 15) is 0 Å². The molecule has 3 aromatic rings. The summed E-state index contributed by atoms with van der Waals surface area (Å²) < 4.78 is 16.7. The maximum Gasteiger partial charge on any atom is 0.226 e. The minimum atomic E-state index is -0.00350.